The molecule has 1 aliphatic rings. The Morgan fingerprint density at radius 1 is 1.27 bits per heavy atom. The lowest BCUT2D eigenvalue weighted by Gasteiger charge is -2.06. The van der Waals surface area contributed by atoms with Gasteiger partial charge in [-0.2, -0.15) is 0 Å². The first-order valence-electron chi connectivity index (χ1n) is 8.20. The predicted molar refractivity (Wildman–Crippen MR) is 97.6 cm³/mol. The van der Waals surface area contributed by atoms with Crippen molar-refractivity contribution in [2.24, 2.45) is 0 Å². The van der Waals surface area contributed by atoms with Gasteiger partial charge in [-0.05, 0) is 54.3 Å². The van der Waals surface area contributed by atoms with Crippen LogP contribution in [0.1, 0.15) is 33.6 Å². The van der Waals surface area contributed by atoms with Gasteiger partial charge in [0.2, 0.25) is 0 Å². The second-order valence-corrected chi connectivity index (χ2v) is 6.14. The molecule has 0 amide bonds. The van der Waals surface area contributed by atoms with Gasteiger partial charge in [0.1, 0.15) is 11.4 Å². The van der Waals surface area contributed by atoms with Crippen molar-refractivity contribution in [3.63, 3.8) is 0 Å². The number of ether oxygens (including phenoxy) is 1. The molecule has 1 N–H and O–H groups in total. The molecule has 0 aliphatic heterocycles. The number of methoxy groups -OCH3 is 1. The predicted octanol–water partition coefficient (Wildman–Crippen LogP) is 2.89. The number of carboxylic acid groups (broad SMARTS) is 1. The Morgan fingerprint density at radius 2 is 2.12 bits per heavy atom. The van der Waals surface area contributed by atoms with E-state index in [0.717, 1.165) is 23.3 Å². The molecule has 1 aromatic carbocycles. The van der Waals surface area contributed by atoms with Gasteiger partial charge in [0.05, 0.1) is 18.4 Å². The molecular formula is C20H16N2O4. The van der Waals surface area contributed by atoms with Gasteiger partial charge in [-0.15, -0.1) is 0 Å². The third-order valence-electron chi connectivity index (χ3n) is 4.55. The number of hydrogen-bond donors (Lipinski definition) is 1. The minimum absolute atomic E-state index is 0.0616. The van der Waals surface area contributed by atoms with Gasteiger partial charge < -0.3 is 9.84 Å². The highest BCUT2D eigenvalue weighted by Crippen LogP contribution is 2.31. The number of benzene rings is 1. The number of fused-ring (bicyclic) bond motifs is 2. The Bertz CT molecular complexity index is 1130. The molecule has 0 bridgehead atoms. The molecule has 0 atom stereocenters. The fraction of sp³-hybridized carbons (Fsp3) is 0.150. The van der Waals surface area contributed by atoms with Crippen LogP contribution in [0.3, 0.4) is 0 Å². The lowest BCUT2D eigenvalue weighted by molar-refractivity contribution is 0.0696. The van der Waals surface area contributed by atoms with Crippen molar-refractivity contribution in [1.29, 1.82) is 0 Å². The van der Waals surface area contributed by atoms with Crippen molar-refractivity contribution in [2.75, 3.05) is 7.11 Å². The highest BCUT2D eigenvalue weighted by atomic mass is 16.5. The Labute approximate surface area is 149 Å². The molecule has 0 spiro atoms. The fourth-order valence-electron chi connectivity index (χ4n) is 3.24. The number of aromatic nitrogens is 2. The van der Waals surface area contributed by atoms with Crippen LogP contribution in [-0.4, -0.2) is 27.6 Å². The molecule has 0 unspecified atom stereocenters. The highest BCUT2D eigenvalue weighted by molar-refractivity contribution is 5.88. The maximum atomic E-state index is 12.8. The number of hydrogen-bond acceptors (Lipinski definition) is 4. The van der Waals surface area contributed by atoms with E-state index in [4.69, 9.17) is 9.84 Å². The minimum atomic E-state index is -1.07. The molecule has 0 fully saturated rings. The van der Waals surface area contributed by atoms with Gasteiger partial charge in [-0.3, -0.25) is 9.20 Å². The summed E-state index contributed by atoms with van der Waals surface area (Å²) >= 11 is 0. The molecule has 2 heterocycles. The van der Waals surface area contributed by atoms with Gasteiger partial charge in [0.15, 0.2) is 0 Å². The van der Waals surface area contributed by atoms with Gasteiger partial charge in [-0.1, -0.05) is 12.1 Å². The van der Waals surface area contributed by atoms with Gasteiger partial charge in [-0.25, -0.2) is 9.78 Å². The highest BCUT2D eigenvalue weighted by Gasteiger charge is 2.23. The summed E-state index contributed by atoms with van der Waals surface area (Å²) in [5.41, 5.74) is 3.59. The number of rotatable bonds is 3. The fourth-order valence-corrected chi connectivity index (χ4v) is 3.24. The summed E-state index contributed by atoms with van der Waals surface area (Å²) in [5.74, 6) is -0.303. The quantitative estimate of drug-likeness (QED) is 0.787. The topological polar surface area (TPSA) is 80.9 Å². The first-order chi connectivity index (χ1) is 12.6. The summed E-state index contributed by atoms with van der Waals surface area (Å²) in [6.07, 6.45) is 4.66. The first kappa shape index (κ1) is 16.1. The number of aromatic carboxylic acids is 1. The monoisotopic (exact) mass is 348 g/mol. The van der Waals surface area contributed by atoms with Crippen LogP contribution in [0.25, 0.3) is 17.3 Å². The number of nitrogens with zero attached hydrogens (tertiary/aromatic N) is 2. The molecule has 1 aliphatic carbocycles. The van der Waals surface area contributed by atoms with E-state index in [1.165, 1.54) is 16.7 Å². The minimum Gasteiger partial charge on any atom is -0.497 e. The summed E-state index contributed by atoms with van der Waals surface area (Å²) in [7, 11) is 1.62. The SMILES string of the molecule is COc1cccc(/C=C2/CCc3c2nc2ccc(C(=O)O)cn2c3=O)c1. The van der Waals surface area contributed by atoms with Crippen LogP contribution in [0, 0.1) is 0 Å². The van der Waals surface area contributed by atoms with E-state index < -0.39 is 5.97 Å². The van der Waals surface area contributed by atoms with Crippen molar-refractivity contribution in [3.8, 4) is 5.75 Å². The molecule has 130 valence electrons. The smallest absolute Gasteiger partial charge is 0.337 e. The molecule has 6 nitrogen and oxygen atoms in total. The Kier molecular flexibility index (Phi) is 3.80. The van der Waals surface area contributed by atoms with Crippen LogP contribution in [-0.2, 0) is 6.42 Å². The van der Waals surface area contributed by atoms with E-state index in [9.17, 15) is 9.59 Å². The number of carbonyl (C=O) groups is 1. The molecule has 3 aromatic rings. The number of carboxylic acids is 1. The van der Waals surface area contributed by atoms with Gasteiger partial charge >= 0.3 is 5.97 Å². The summed E-state index contributed by atoms with van der Waals surface area (Å²) in [4.78, 5) is 28.5. The average Bonchev–Trinajstić information content (AvgIpc) is 3.04. The zero-order valence-corrected chi connectivity index (χ0v) is 14.1. The lowest BCUT2D eigenvalue weighted by atomic mass is 10.1. The zero-order valence-electron chi connectivity index (χ0n) is 14.1. The lowest BCUT2D eigenvalue weighted by Crippen LogP contribution is -2.20. The van der Waals surface area contributed by atoms with Crippen LogP contribution in [0.5, 0.6) is 5.75 Å². The van der Waals surface area contributed by atoms with Crippen molar-refractivity contribution in [2.45, 2.75) is 12.8 Å². The zero-order chi connectivity index (χ0) is 18.3. The van der Waals surface area contributed by atoms with Crippen molar-refractivity contribution in [3.05, 3.63) is 75.3 Å². The van der Waals surface area contributed by atoms with Crippen LogP contribution >= 0.6 is 0 Å². The molecule has 4 rings (SSSR count). The summed E-state index contributed by atoms with van der Waals surface area (Å²) < 4.78 is 6.57. The van der Waals surface area contributed by atoms with Crippen LogP contribution < -0.4 is 10.3 Å². The van der Waals surface area contributed by atoms with Gasteiger partial charge in [0.25, 0.3) is 5.56 Å². The van der Waals surface area contributed by atoms with Crippen molar-refractivity contribution < 1.29 is 14.6 Å². The van der Waals surface area contributed by atoms with E-state index in [2.05, 4.69) is 4.98 Å². The molecular weight excluding hydrogens is 332 g/mol. The molecule has 0 saturated carbocycles. The largest absolute Gasteiger partial charge is 0.497 e. The standard InChI is InChI=1S/C20H16N2O4/c1-26-15-4-2-3-12(10-15)9-13-5-7-16-18(13)21-17-8-6-14(20(24)25)11-22(17)19(16)23/h2-4,6,8-11H,5,7H2,1H3,(H,24,25)/b13-9-. The normalized spacial score (nSPS) is 14.6. The average molecular weight is 348 g/mol. The third kappa shape index (κ3) is 2.65. The van der Waals surface area contributed by atoms with Crippen molar-refractivity contribution in [1.82, 2.24) is 9.38 Å². The Morgan fingerprint density at radius 3 is 2.88 bits per heavy atom. The molecule has 6 heteroatoms. The maximum absolute atomic E-state index is 12.8. The number of pyridine rings is 1. The number of allylic oxidation sites excluding steroid dienone is 1. The van der Waals surface area contributed by atoms with E-state index in [1.54, 1.807) is 13.2 Å². The van der Waals surface area contributed by atoms with E-state index in [1.807, 2.05) is 30.3 Å². The van der Waals surface area contributed by atoms with Gasteiger partial charge in [0, 0.05) is 11.8 Å². The molecule has 0 radical (unpaired) electrons. The first-order valence-corrected chi connectivity index (χ1v) is 8.20. The van der Waals surface area contributed by atoms with Crippen molar-refractivity contribution >= 4 is 23.3 Å². The Hall–Kier alpha value is -3.41. The Balaban J connectivity index is 1.85. The van der Waals surface area contributed by atoms with E-state index in [0.29, 0.717) is 23.3 Å². The molecule has 26 heavy (non-hydrogen) atoms. The van der Waals surface area contributed by atoms with Crippen LogP contribution in [0.2, 0.25) is 0 Å². The van der Waals surface area contributed by atoms with E-state index >= 15 is 0 Å². The molecule has 2 aromatic heterocycles. The summed E-state index contributed by atoms with van der Waals surface area (Å²) in [6, 6.07) is 10.7. The molecule has 0 saturated heterocycles. The maximum Gasteiger partial charge on any atom is 0.337 e. The van der Waals surface area contributed by atoms with Crippen LogP contribution in [0.4, 0.5) is 0 Å². The second-order valence-electron chi connectivity index (χ2n) is 6.14. The summed E-state index contributed by atoms with van der Waals surface area (Å²) in [6.45, 7) is 0. The summed E-state index contributed by atoms with van der Waals surface area (Å²) in [5, 5.41) is 9.12. The van der Waals surface area contributed by atoms with Crippen LogP contribution in [0.15, 0.2) is 47.4 Å². The second kappa shape index (κ2) is 6.15. The third-order valence-corrected chi connectivity index (χ3v) is 4.55. The van der Waals surface area contributed by atoms with E-state index in [-0.39, 0.29) is 11.1 Å².